The molecule has 16 aromatic carbocycles. The van der Waals surface area contributed by atoms with Crippen molar-refractivity contribution in [1.29, 1.82) is 0 Å². The standard InChI is InChI=1S/C102H70B3N7O2/c1-58-44-60(3)101(61(4)45-58)111-89-57-90-78(55-77(89)104-75-35-17-25-43-94(75)113-96-52-66(50-92(111)99(96)104)109-84-38-20-12-30-70(84)71-31-13-21-39-85(71)109)105-79-54-76-80(56-95(79)114-97-53-67(110-86-40-22-14-32-72(86)73-33-15-23-41-87(73)110)51-93(100(97)105)112(90)102-62(5)46-59(2)47-63(102)6)106-81-48-65(108-82-36-18-10-28-68(82)69-29-11-19-37-83(69)108)49-91-98(81)103(76)74-34-16-24-42-88(74)107(91)64-26-8-7-9-27-64/h7-57,106H,1-6H3. The van der Waals surface area contributed by atoms with Crippen LogP contribution in [0.1, 0.15) is 33.4 Å². The molecular formula is C102H70B3N7O2. The highest BCUT2D eigenvalue weighted by molar-refractivity contribution is 7.04. The lowest BCUT2D eigenvalue weighted by Gasteiger charge is -2.45. The maximum atomic E-state index is 8.01. The zero-order chi connectivity index (χ0) is 75.4. The van der Waals surface area contributed by atoms with Crippen molar-refractivity contribution in [2.75, 3.05) is 20.0 Å². The van der Waals surface area contributed by atoms with Gasteiger partial charge >= 0.3 is 0 Å². The van der Waals surface area contributed by atoms with Crippen LogP contribution in [0.5, 0.6) is 23.0 Å². The molecule has 0 spiro atoms. The van der Waals surface area contributed by atoms with Crippen LogP contribution in [0.25, 0.3) is 82.5 Å². The van der Waals surface area contributed by atoms with Crippen molar-refractivity contribution in [3.05, 3.63) is 343 Å². The van der Waals surface area contributed by atoms with Crippen LogP contribution in [0.4, 0.5) is 62.6 Å². The zero-order valence-electron chi connectivity index (χ0n) is 63.7. The number of hydrogen-bond acceptors (Lipinski definition) is 6. The molecule has 0 radical (unpaired) electrons. The average Bonchev–Trinajstić information content (AvgIpc) is 0.739. The molecule has 534 valence electrons. The van der Waals surface area contributed by atoms with Gasteiger partial charge in [0.2, 0.25) is 0 Å². The normalized spacial score (nSPS) is 13.6. The van der Waals surface area contributed by atoms with Crippen LogP contribution in [0.15, 0.2) is 309 Å². The molecule has 0 saturated heterocycles. The summed E-state index contributed by atoms with van der Waals surface area (Å²) < 4.78 is 22.9. The summed E-state index contributed by atoms with van der Waals surface area (Å²) in [6.45, 7) is 12.9. The van der Waals surface area contributed by atoms with E-state index >= 15 is 0 Å². The molecule has 0 saturated carbocycles. The molecule has 0 atom stereocenters. The Labute approximate surface area is 660 Å². The predicted octanol–water partition coefficient (Wildman–Crippen LogP) is 20.0. The molecule has 0 bridgehead atoms. The molecular weight excluding hydrogens is 1390 g/mol. The number of anilines is 11. The first-order valence-electron chi connectivity index (χ1n) is 39.8. The minimum atomic E-state index is -0.345. The van der Waals surface area contributed by atoms with E-state index in [0.29, 0.717) is 0 Å². The molecule has 0 aliphatic carbocycles. The van der Waals surface area contributed by atoms with Gasteiger partial charge in [-0.2, -0.15) is 0 Å². The first-order chi connectivity index (χ1) is 56.0. The summed E-state index contributed by atoms with van der Waals surface area (Å²) in [5.74, 6) is 3.34. The van der Waals surface area contributed by atoms with E-state index in [4.69, 9.17) is 9.47 Å². The Kier molecular flexibility index (Phi) is 13.0. The summed E-state index contributed by atoms with van der Waals surface area (Å²) >= 11 is 0. The van der Waals surface area contributed by atoms with Gasteiger partial charge in [0.1, 0.15) is 23.0 Å². The van der Waals surface area contributed by atoms with Gasteiger partial charge in [-0.1, -0.05) is 211 Å². The van der Waals surface area contributed by atoms with Gasteiger partial charge in [-0.15, -0.1) is 0 Å². The zero-order valence-corrected chi connectivity index (χ0v) is 63.7. The Hall–Kier alpha value is -14.1. The molecule has 12 heteroatoms. The Morgan fingerprint density at radius 2 is 0.614 bits per heavy atom. The maximum Gasteiger partial charge on any atom is 0.256 e. The lowest BCUT2D eigenvalue weighted by Crippen LogP contribution is -2.65. The van der Waals surface area contributed by atoms with E-state index in [1.165, 1.54) is 93.0 Å². The third-order valence-electron chi connectivity index (χ3n) is 25.7. The number of hydrogen-bond donors (Lipinski definition) is 1. The van der Waals surface area contributed by atoms with Crippen LogP contribution in [0, 0.1) is 41.5 Å². The third kappa shape index (κ3) is 8.66. The summed E-state index contributed by atoms with van der Waals surface area (Å²) in [7, 11) is 0. The van der Waals surface area contributed by atoms with E-state index in [9.17, 15) is 0 Å². The Morgan fingerprint density at radius 1 is 0.237 bits per heavy atom. The number of rotatable bonds is 6. The highest BCUT2D eigenvalue weighted by atomic mass is 16.5. The van der Waals surface area contributed by atoms with Crippen molar-refractivity contribution in [2.45, 2.75) is 41.5 Å². The summed E-state index contributed by atoms with van der Waals surface area (Å²) in [5, 5.41) is 11.5. The van der Waals surface area contributed by atoms with Crippen molar-refractivity contribution in [3.63, 3.8) is 0 Å². The van der Waals surface area contributed by atoms with Crippen molar-refractivity contribution in [1.82, 2.24) is 13.7 Å². The second-order valence-electron chi connectivity index (χ2n) is 32.3. The molecule has 114 heavy (non-hydrogen) atoms. The molecule has 0 fully saturated rings. The number of ether oxygens (including phenoxy) is 2. The predicted molar refractivity (Wildman–Crippen MR) is 479 cm³/mol. The maximum absolute atomic E-state index is 8.01. The van der Waals surface area contributed by atoms with Crippen molar-refractivity contribution >= 4 is 197 Å². The van der Waals surface area contributed by atoms with Gasteiger partial charge in [0.05, 0.1) is 61.5 Å². The van der Waals surface area contributed by atoms with E-state index in [1.54, 1.807) is 0 Å². The molecule has 6 aliphatic heterocycles. The number of benzene rings is 16. The van der Waals surface area contributed by atoms with Crippen molar-refractivity contribution < 1.29 is 9.47 Å². The largest absolute Gasteiger partial charge is 0.458 e. The van der Waals surface area contributed by atoms with Crippen LogP contribution >= 0.6 is 0 Å². The van der Waals surface area contributed by atoms with Gasteiger partial charge < -0.3 is 43.2 Å². The van der Waals surface area contributed by atoms with Gasteiger partial charge in [0, 0.05) is 102 Å². The Balaban J connectivity index is 0.792. The molecule has 0 amide bonds. The second kappa shape index (κ2) is 23.3. The number of aryl methyl sites for hydroxylation is 6. The van der Waals surface area contributed by atoms with Crippen LogP contribution in [0.3, 0.4) is 0 Å². The summed E-state index contributed by atoms with van der Waals surface area (Å²) in [5.41, 5.74) is 39.9. The summed E-state index contributed by atoms with van der Waals surface area (Å²) in [6, 6.07) is 116. The van der Waals surface area contributed by atoms with Gasteiger partial charge in [-0.05, 0) is 204 Å². The quantitative estimate of drug-likeness (QED) is 0.167. The highest BCUT2D eigenvalue weighted by Gasteiger charge is 2.50. The summed E-state index contributed by atoms with van der Waals surface area (Å²) in [6.07, 6.45) is 0. The highest BCUT2D eigenvalue weighted by Crippen LogP contribution is 2.52. The monoisotopic (exact) mass is 1460 g/mol. The lowest BCUT2D eigenvalue weighted by atomic mass is 9.29. The molecule has 0 unspecified atom stereocenters. The van der Waals surface area contributed by atoms with Crippen LogP contribution in [-0.4, -0.2) is 33.8 Å². The topological polar surface area (TPSA) is 55.0 Å². The van der Waals surface area contributed by atoms with Gasteiger partial charge in [-0.3, -0.25) is 0 Å². The molecule has 25 rings (SSSR count). The fraction of sp³-hybridized carbons (Fsp3) is 0.0588. The summed E-state index contributed by atoms with van der Waals surface area (Å²) in [4.78, 5) is 7.78. The minimum absolute atomic E-state index is 0.185. The first-order valence-corrected chi connectivity index (χ1v) is 39.8. The minimum Gasteiger partial charge on any atom is -0.458 e. The molecule has 6 aliphatic rings. The van der Waals surface area contributed by atoms with Gasteiger partial charge in [0.15, 0.2) is 0 Å². The second-order valence-corrected chi connectivity index (χ2v) is 32.3. The van der Waals surface area contributed by atoms with Gasteiger partial charge in [-0.25, -0.2) is 0 Å². The fourth-order valence-electron chi connectivity index (χ4n) is 21.6. The van der Waals surface area contributed by atoms with E-state index in [0.717, 1.165) is 158 Å². The van der Waals surface area contributed by atoms with Crippen molar-refractivity contribution in [3.8, 4) is 40.1 Å². The number of nitrogens with zero attached hydrogens (tertiary/aromatic N) is 6. The molecule has 1 N–H and O–H groups in total. The van der Waals surface area contributed by atoms with Crippen molar-refractivity contribution in [2.24, 2.45) is 0 Å². The van der Waals surface area contributed by atoms with Crippen LogP contribution in [-0.2, 0) is 0 Å². The van der Waals surface area contributed by atoms with Crippen LogP contribution in [0.2, 0.25) is 0 Å². The first kappa shape index (κ1) is 63.7. The SMILES string of the molecule is Cc1cc(C)c(N2c3cc4c(cc3B3c5ccccc5Oc5cc(-n6c7ccccc7c7ccccc76)cc2c53)B2c3cc5c(cc3Oc3cc(-n6c7ccccc7c7ccccc76)cc(c32)N4c2c(C)cc(C)cc2C)Nc2cc(-n3c4ccccc4c4ccccc43)cc3c2B5c2ccccc2N3c2ccccc2)c(C)c1. The number of para-hydroxylation sites is 9. The molecule has 3 aromatic heterocycles. The van der Waals surface area contributed by atoms with Gasteiger partial charge in [0.25, 0.3) is 20.1 Å². The smallest absolute Gasteiger partial charge is 0.256 e. The van der Waals surface area contributed by atoms with E-state index in [2.05, 4.69) is 385 Å². The average molecular weight is 1460 g/mol. The Morgan fingerprint density at radius 3 is 1.10 bits per heavy atom. The van der Waals surface area contributed by atoms with E-state index in [-0.39, 0.29) is 20.1 Å². The number of nitrogens with one attached hydrogen (secondary N) is 1. The van der Waals surface area contributed by atoms with E-state index in [1.807, 2.05) is 0 Å². The van der Waals surface area contributed by atoms with E-state index < -0.39 is 0 Å². The molecule has 9 nitrogen and oxygen atoms in total. The lowest BCUT2D eigenvalue weighted by molar-refractivity contribution is 0.487. The fourth-order valence-corrected chi connectivity index (χ4v) is 21.6. The number of aromatic nitrogens is 3. The van der Waals surface area contributed by atoms with Crippen LogP contribution < -0.4 is 78.7 Å². The molecule has 19 aromatic rings. The third-order valence-corrected chi connectivity index (χ3v) is 25.7. The molecule has 9 heterocycles. The number of fused-ring (bicyclic) bond motifs is 21. The Bertz CT molecular complexity index is 7350.